The summed E-state index contributed by atoms with van der Waals surface area (Å²) >= 11 is 0. The maximum atomic E-state index is 14.0. The number of imidazole rings is 1. The van der Waals surface area contributed by atoms with Gasteiger partial charge in [-0.2, -0.15) is 0 Å². The Bertz CT molecular complexity index is 872. The van der Waals surface area contributed by atoms with Crippen molar-refractivity contribution in [2.75, 3.05) is 0 Å². The van der Waals surface area contributed by atoms with Gasteiger partial charge in [-0.1, -0.05) is 42.5 Å². The molecule has 0 radical (unpaired) electrons. The molecule has 0 bridgehead atoms. The summed E-state index contributed by atoms with van der Waals surface area (Å²) in [5.41, 5.74) is 8.49. The molecule has 2 aromatic carbocycles. The van der Waals surface area contributed by atoms with Gasteiger partial charge < -0.3 is 15.4 Å². The summed E-state index contributed by atoms with van der Waals surface area (Å²) in [6.07, 6.45) is 1.95. The number of phenols is 1. The van der Waals surface area contributed by atoms with Crippen molar-refractivity contribution in [3.63, 3.8) is 0 Å². The maximum Gasteiger partial charge on any atom is 0.265 e. The quantitative estimate of drug-likeness (QED) is 0.704. The molecule has 0 saturated carbocycles. The van der Waals surface area contributed by atoms with Crippen molar-refractivity contribution < 1.29 is 13.9 Å². The Kier molecular flexibility index (Phi) is 5.04. The molecule has 3 aromatic rings. The Morgan fingerprint density at radius 3 is 2.46 bits per heavy atom. The lowest BCUT2D eigenvalue weighted by molar-refractivity contribution is -0.00868. The second-order valence-corrected chi connectivity index (χ2v) is 6.47. The highest BCUT2D eigenvalue weighted by Gasteiger charge is 2.36. The van der Waals surface area contributed by atoms with Gasteiger partial charge in [0.1, 0.15) is 11.8 Å². The molecule has 1 atom stereocenters. The van der Waals surface area contributed by atoms with E-state index in [-0.39, 0.29) is 5.75 Å². The highest BCUT2D eigenvalue weighted by Crippen LogP contribution is 2.31. The molecule has 136 valence electrons. The zero-order chi connectivity index (χ0) is 18.7. The molecule has 26 heavy (non-hydrogen) atoms. The molecule has 6 heteroatoms. The fourth-order valence-corrected chi connectivity index (χ4v) is 2.93. The molecule has 3 N–H and O–H groups in total. The topological polar surface area (TPSA) is 64.1 Å². The first-order valence-electron chi connectivity index (χ1n) is 8.33. The van der Waals surface area contributed by atoms with Crippen LogP contribution in [0.5, 0.6) is 5.75 Å². The summed E-state index contributed by atoms with van der Waals surface area (Å²) in [6, 6.07) is 14.7. The summed E-state index contributed by atoms with van der Waals surface area (Å²) in [6.45, 7) is 1.12. The van der Waals surface area contributed by atoms with Gasteiger partial charge in [-0.15, -0.1) is 0 Å². The van der Waals surface area contributed by atoms with E-state index in [4.69, 9.17) is 5.73 Å². The lowest BCUT2D eigenvalue weighted by Crippen LogP contribution is -2.32. The van der Waals surface area contributed by atoms with E-state index in [1.807, 2.05) is 36.4 Å². The van der Waals surface area contributed by atoms with E-state index in [1.54, 1.807) is 22.8 Å². The number of hydrogen-bond acceptors (Lipinski definition) is 3. The second-order valence-electron chi connectivity index (χ2n) is 6.47. The Hall–Kier alpha value is -2.73. The fraction of sp³-hybridized carbons (Fsp3) is 0.250. The van der Waals surface area contributed by atoms with Crippen LogP contribution in [0, 0.1) is 0 Å². The van der Waals surface area contributed by atoms with Crippen molar-refractivity contribution in [2.45, 2.75) is 31.9 Å². The second kappa shape index (κ2) is 7.25. The van der Waals surface area contributed by atoms with Crippen LogP contribution in [0.1, 0.15) is 35.5 Å². The van der Waals surface area contributed by atoms with Crippen LogP contribution in [0.3, 0.4) is 0 Å². The van der Waals surface area contributed by atoms with Gasteiger partial charge in [0.05, 0.1) is 17.7 Å². The first-order valence-corrected chi connectivity index (χ1v) is 8.33. The smallest absolute Gasteiger partial charge is 0.265 e. The molecule has 0 aliphatic carbocycles. The van der Waals surface area contributed by atoms with Gasteiger partial charge in [0.25, 0.3) is 5.92 Å². The molecular weight excluding hydrogens is 336 g/mol. The molecule has 0 spiro atoms. The standard InChI is InChI=1S/C20H21F2N3O/c1-20(21,22)19(23)18-17(11-14-6-3-2-4-7-14)24-13-25(18)12-15-8-5-9-16(26)10-15/h2-10,13,19,26H,11-12,23H2,1H3. The minimum Gasteiger partial charge on any atom is -0.508 e. The number of nitrogens with zero attached hydrogens (tertiary/aromatic N) is 2. The average molecular weight is 357 g/mol. The Morgan fingerprint density at radius 1 is 1.12 bits per heavy atom. The molecule has 1 aromatic heterocycles. The first kappa shape index (κ1) is 18.1. The van der Waals surface area contributed by atoms with E-state index < -0.39 is 12.0 Å². The predicted octanol–water partition coefficient (Wildman–Crippen LogP) is 3.88. The monoisotopic (exact) mass is 357 g/mol. The Labute approximate surface area is 150 Å². The van der Waals surface area contributed by atoms with Crippen molar-refractivity contribution in [3.05, 3.63) is 83.4 Å². The third-order valence-corrected chi connectivity index (χ3v) is 4.28. The molecule has 0 aliphatic rings. The lowest BCUT2D eigenvalue weighted by Gasteiger charge is -2.22. The molecular formula is C20H21F2N3O. The normalized spacial score (nSPS) is 12.9. The summed E-state index contributed by atoms with van der Waals surface area (Å²) in [5, 5.41) is 9.63. The third-order valence-electron chi connectivity index (χ3n) is 4.28. The number of aromatic hydroxyl groups is 1. The largest absolute Gasteiger partial charge is 0.508 e. The van der Waals surface area contributed by atoms with Gasteiger partial charge in [-0.25, -0.2) is 13.8 Å². The van der Waals surface area contributed by atoms with Gasteiger partial charge in [-0.3, -0.25) is 0 Å². The Morgan fingerprint density at radius 2 is 1.81 bits per heavy atom. The summed E-state index contributed by atoms with van der Waals surface area (Å²) in [4.78, 5) is 4.35. The molecule has 3 rings (SSSR count). The lowest BCUT2D eigenvalue weighted by atomic mass is 10.0. The molecule has 0 amide bonds. The van der Waals surface area contributed by atoms with Gasteiger partial charge in [0.2, 0.25) is 0 Å². The molecule has 1 heterocycles. The summed E-state index contributed by atoms with van der Waals surface area (Å²) in [5.74, 6) is -2.96. The zero-order valence-corrected chi connectivity index (χ0v) is 14.4. The van der Waals surface area contributed by atoms with Crippen molar-refractivity contribution in [1.29, 1.82) is 0 Å². The minimum atomic E-state index is -3.08. The van der Waals surface area contributed by atoms with Crippen LogP contribution < -0.4 is 5.73 Å². The van der Waals surface area contributed by atoms with Crippen LogP contribution in [0.25, 0.3) is 0 Å². The van der Waals surface area contributed by atoms with Crippen molar-refractivity contribution >= 4 is 0 Å². The first-order chi connectivity index (χ1) is 12.3. The van der Waals surface area contributed by atoms with E-state index in [0.29, 0.717) is 24.4 Å². The van der Waals surface area contributed by atoms with Crippen molar-refractivity contribution in [1.82, 2.24) is 9.55 Å². The number of aromatic nitrogens is 2. The highest BCUT2D eigenvalue weighted by atomic mass is 19.3. The highest BCUT2D eigenvalue weighted by molar-refractivity contribution is 5.31. The third kappa shape index (κ3) is 4.08. The van der Waals surface area contributed by atoms with Gasteiger partial charge in [0, 0.05) is 19.9 Å². The molecule has 1 unspecified atom stereocenters. The number of nitrogens with two attached hydrogens (primary N) is 1. The zero-order valence-electron chi connectivity index (χ0n) is 14.4. The molecule has 4 nitrogen and oxygen atoms in total. The van der Waals surface area contributed by atoms with Crippen LogP contribution in [-0.4, -0.2) is 20.6 Å². The average Bonchev–Trinajstić information content (AvgIpc) is 2.96. The van der Waals surface area contributed by atoms with Gasteiger partial charge >= 0.3 is 0 Å². The molecule has 0 aliphatic heterocycles. The van der Waals surface area contributed by atoms with E-state index in [1.165, 1.54) is 6.33 Å². The molecule has 0 fully saturated rings. The number of alkyl halides is 2. The number of benzene rings is 2. The predicted molar refractivity (Wildman–Crippen MR) is 96.2 cm³/mol. The van der Waals surface area contributed by atoms with Crippen molar-refractivity contribution in [2.24, 2.45) is 5.73 Å². The summed E-state index contributed by atoms with van der Waals surface area (Å²) in [7, 11) is 0. The number of phenolic OH excluding ortho intramolecular Hbond substituents is 1. The van der Waals surface area contributed by atoms with Gasteiger partial charge in [0.15, 0.2) is 0 Å². The van der Waals surface area contributed by atoms with Crippen LogP contribution in [0.2, 0.25) is 0 Å². The molecule has 0 saturated heterocycles. The van der Waals surface area contributed by atoms with E-state index in [9.17, 15) is 13.9 Å². The van der Waals surface area contributed by atoms with Crippen LogP contribution in [0.15, 0.2) is 60.9 Å². The van der Waals surface area contributed by atoms with E-state index in [2.05, 4.69) is 4.98 Å². The van der Waals surface area contributed by atoms with E-state index >= 15 is 0 Å². The van der Waals surface area contributed by atoms with Crippen molar-refractivity contribution in [3.8, 4) is 5.75 Å². The Balaban J connectivity index is 1.98. The van der Waals surface area contributed by atoms with Crippen LogP contribution in [-0.2, 0) is 13.0 Å². The van der Waals surface area contributed by atoms with Crippen LogP contribution >= 0.6 is 0 Å². The number of halogens is 2. The number of rotatable bonds is 6. The SMILES string of the molecule is CC(F)(F)C(N)c1c(Cc2ccccc2)ncn1Cc1cccc(O)c1. The van der Waals surface area contributed by atoms with Crippen LogP contribution in [0.4, 0.5) is 8.78 Å². The minimum absolute atomic E-state index is 0.124. The summed E-state index contributed by atoms with van der Waals surface area (Å²) < 4.78 is 29.6. The van der Waals surface area contributed by atoms with E-state index in [0.717, 1.165) is 18.1 Å². The maximum absolute atomic E-state index is 14.0. The number of hydrogen-bond donors (Lipinski definition) is 2. The van der Waals surface area contributed by atoms with Gasteiger partial charge in [-0.05, 0) is 23.3 Å². The fourth-order valence-electron chi connectivity index (χ4n) is 2.93.